The highest BCUT2D eigenvalue weighted by Crippen LogP contribution is 2.06. The second-order valence-electron chi connectivity index (χ2n) is 3.95. The third kappa shape index (κ3) is 5.10. The van der Waals surface area contributed by atoms with E-state index in [4.69, 9.17) is 0 Å². The summed E-state index contributed by atoms with van der Waals surface area (Å²) in [5.41, 5.74) is 0. The van der Waals surface area contributed by atoms with Crippen LogP contribution in [0.5, 0.6) is 0 Å². The standard InChI is InChI=1S/C11H19N5O3S/c1-3-5-13-11-14-6-9(7-15-11)20(18,19)16-8-10(17)12-4-2/h6-7,16H,3-5,8H2,1-2H3,(H,12,17)(H,13,14,15). The number of hydrogen-bond donors (Lipinski definition) is 3. The second-order valence-corrected chi connectivity index (χ2v) is 5.71. The van der Waals surface area contributed by atoms with E-state index in [0.717, 1.165) is 6.42 Å². The van der Waals surface area contributed by atoms with Crippen molar-refractivity contribution in [2.24, 2.45) is 0 Å². The average molecular weight is 301 g/mol. The van der Waals surface area contributed by atoms with Gasteiger partial charge in [0.05, 0.1) is 18.9 Å². The fraction of sp³-hybridized carbons (Fsp3) is 0.545. The molecule has 0 spiro atoms. The minimum Gasteiger partial charge on any atom is -0.355 e. The Morgan fingerprint density at radius 3 is 2.45 bits per heavy atom. The van der Waals surface area contributed by atoms with Crippen molar-refractivity contribution < 1.29 is 13.2 Å². The molecule has 0 radical (unpaired) electrons. The van der Waals surface area contributed by atoms with Crippen LogP contribution >= 0.6 is 0 Å². The van der Waals surface area contributed by atoms with Gasteiger partial charge in [-0.15, -0.1) is 0 Å². The summed E-state index contributed by atoms with van der Waals surface area (Å²) < 4.78 is 25.9. The molecule has 0 aliphatic heterocycles. The summed E-state index contributed by atoms with van der Waals surface area (Å²) in [5, 5.41) is 5.43. The summed E-state index contributed by atoms with van der Waals surface area (Å²) in [5.74, 6) is -0.0206. The van der Waals surface area contributed by atoms with E-state index in [1.165, 1.54) is 12.4 Å². The summed E-state index contributed by atoms with van der Waals surface area (Å²) >= 11 is 0. The molecule has 1 heterocycles. The molecule has 0 saturated heterocycles. The number of hydrogen-bond acceptors (Lipinski definition) is 6. The van der Waals surface area contributed by atoms with Gasteiger partial charge in [-0.2, -0.15) is 0 Å². The Morgan fingerprint density at radius 1 is 1.25 bits per heavy atom. The maximum absolute atomic E-state index is 11.9. The SMILES string of the molecule is CCCNc1ncc(S(=O)(=O)NCC(=O)NCC)cn1. The molecule has 0 aliphatic carbocycles. The quantitative estimate of drug-likeness (QED) is 0.608. The van der Waals surface area contributed by atoms with E-state index in [2.05, 4.69) is 25.3 Å². The highest BCUT2D eigenvalue weighted by molar-refractivity contribution is 7.89. The second kappa shape index (κ2) is 7.75. The minimum absolute atomic E-state index is 0.0798. The highest BCUT2D eigenvalue weighted by atomic mass is 32.2. The maximum Gasteiger partial charge on any atom is 0.244 e. The molecule has 1 amide bonds. The Balaban J connectivity index is 2.65. The molecule has 112 valence electrons. The zero-order valence-corrected chi connectivity index (χ0v) is 12.3. The van der Waals surface area contributed by atoms with E-state index >= 15 is 0 Å². The Bertz CT molecular complexity index is 529. The summed E-state index contributed by atoms with van der Waals surface area (Å²) in [6, 6.07) is 0. The fourth-order valence-corrected chi connectivity index (χ4v) is 2.16. The molecule has 0 fully saturated rings. The van der Waals surface area contributed by atoms with E-state index < -0.39 is 15.9 Å². The zero-order chi connectivity index (χ0) is 15.0. The third-order valence-electron chi connectivity index (χ3n) is 2.27. The molecule has 20 heavy (non-hydrogen) atoms. The van der Waals surface area contributed by atoms with Crippen molar-refractivity contribution in [2.45, 2.75) is 25.2 Å². The van der Waals surface area contributed by atoms with Crippen LogP contribution in [0.25, 0.3) is 0 Å². The van der Waals surface area contributed by atoms with Gasteiger partial charge in [-0.3, -0.25) is 4.79 Å². The number of carbonyl (C=O) groups excluding carboxylic acids is 1. The Morgan fingerprint density at radius 2 is 1.90 bits per heavy atom. The summed E-state index contributed by atoms with van der Waals surface area (Å²) in [4.78, 5) is 18.9. The molecule has 0 unspecified atom stereocenters. The Labute approximate surface area is 118 Å². The summed E-state index contributed by atoms with van der Waals surface area (Å²) in [7, 11) is -3.77. The van der Waals surface area contributed by atoms with E-state index in [1.807, 2.05) is 6.92 Å². The van der Waals surface area contributed by atoms with Crippen molar-refractivity contribution in [3.63, 3.8) is 0 Å². The van der Waals surface area contributed by atoms with E-state index in [9.17, 15) is 13.2 Å². The van der Waals surface area contributed by atoms with Gasteiger partial charge in [0.25, 0.3) is 0 Å². The molecule has 0 bridgehead atoms. The first kappa shape index (κ1) is 16.3. The van der Waals surface area contributed by atoms with Crippen molar-refractivity contribution >= 4 is 21.9 Å². The lowest BCUT2D eigenvalue weighted by molar-refractivity contribution is -0.119. The molecular weight excluding hydrogens is 282 g/mol. The lowest BCUT2D eigenvalue weighted by Gasteiger charge is -2.07. The molecule has 0 saturated carbocycles. The van der Waals surface area contributed by atoms with Crippen LogP contribution in [0.1, 0.15) is 20.3 Å². The Kier molecular flexibility index (Phi) is 6.32. The molecule has 3 N–H and O–H groups in total. The van der Waals surface area contributed by atoms with Crippen LogP contribution in [0.15, 0.2) is 17.3 Å². The van der Waals surface area contributed by atoms with Crippen molar-refractivity contribution in [1.29, 1.82) is 0 Å². The first-order valence-corrected chi connectivity index (χ1v) is 7.80. The molecule has 0 atom stereocenters. The number of rotatable bonds is 8. The van der Waals surface area contributed by atoms with Crippen LogP contribution < -0.4 is 15.4 Å². The van der Waals surface area contributed by atoms with Gasteiger partial charge in [0.2, 0.25) is 21.9 Å². The monoisotopic (exact) mass is 301 g/mol. The van der Waals surface area contributed by atoms with Gasteiger partial charge in [0.1, 0.15) is 4.90 Å². The number of nitrogens with zero attached hydrogens (tertiary/aromatic N) is 2. The smallest absolute Gasteiger partial charge is 0.244 e. The number of amides is 1. The van der Waals surface area contributed by atoms with Gasteiger partial charge in [-0.1, -0.05) is 6.92 Å². The molecule has 1 aromatic heterocycles. The number of nitrogens with one attached hydrogen (secondary N) is 3. The number of carbonyl (C=O) groups is 1. The normalized spacial score (nSPS) is 11.1. The van der Waals surface area contributed by atoms with Crippen molar-refractivity contribution in [2.75, 3.05) is 25.0 Å². The van der Waals surface area contributed by atoms with Crippen molar-refractivity contribution in [3.8, 4) is 0 Å². The lowest BCUT2D eigenvalue weighted by atomic mass is 10.5. The topological polar surface area (TPSA) is 113 Å². The average Bonchev–Trinajstić information content (AvgIpc) is 2.44. The van der Waals surface area contributed by atoms with E-state index in [0.29, 0.717) is 19.0 Å². The third-order valence-corrected chi connectivity index (χ3v) is 3.62. The van der Waals surface area contributed by atoms with Crippen LogP contribution in [0.4, 0.5) is 5.95 Å². The first-order chi connectivity index (χ1) is 9.49. The van der Waals surface area contributed by atoms with Crippen LogP contribution in [-0.2, 0) is 14.8 Å². The van der Waals surface area contributed by atoms with Crippen LogP contribution in [0, 0.1) is 0 Å². The number of sulfonamides is 1. The van der Waals surface area contributed by atoms with Crippen LogP contribution in [0.2, 0.25) is 0 Å². The molecule has 9 heteroatoms. The first-order valence-electron chi connectivity index (χ1n) is 6.32. The molecule has 8 nitrogen and oxygen atoms in total. The highest BCUT2D eigenvalue weighted by Gasteiger charge is 2.16. The minimum atomic E-state index is -3.77. The van der Waals surface area contributed by atoms with Crippen molar-refractivity contribution in [1.82, 2.24) is 20.0 Å². The van der Waals surface area contributed by atoms with E-state index in [1.54, 1.807) is 6.92 Å². The zero-order valence-electron chi connectivity index (χ0n) is 11.5. The van der Waals surface area contributed by atoms with Gasteiger partial charge in [-0.25, -0.2) is 23.1 Å². The molecule has 1 aromatic rings. The van der Waals surface area contributed by atoms with Crippen molar-refractivity contribution in [3.05, 3.63) is 12.4 Å². The Hall–Kier alpha value is -1.74. The summed E-state index contributed by atoms with van der Waals surface area (Å²) in [6.07, 6.45) is 3.31. The lowest BCUT2D eigenvalue weighted by Crippen LogP contribution is -2.36. The fourth-order valence-electron chi connectivity index (χ4n) is 1.29. The number of anilines is 1. The van der Waals surface area contributed by atoms with Gasteiger partial charge in [0.15, 0.2) is 0 Å². The van der Waals surface area contributed by atoms with Gasteiger partial charge in [0, 0.05) is 13.1 Å². The molecule has 0 aliphatic rings. The van der Waals surface area contributed by atoms with Crippen LogP contribution in [0.3, 0.4) is 0 Å². The maximum atomic E-state index is 11.9. The predicted octanol–water partition coefficient (Wildman–Crippen LogP) is -0.287. The van der Waals surface area contributed by atoms with Gasteiger partial charge >= 0.3 is 0 Å². The van der Waals surface area contributed by atoms with Gasteiger partial charge in [-0.05, 0) is 13.3 Å². The molecule has 0 aromatic carbocycles. The van der Waals surface area contributed by atoms with Gasteiger partial charge < -0.3 is 10.6 Å². The summed E-state index contributed by atoms with van der Waals surface area (Å²) in [6.45, 7) is 4.59. The number of likely N-dealkylation sites (N-methyl/N-ethyl adjacent to an activating group) is 1. The number of aromatic nitrogens is 2. The molecule has 1 rings (SSSR count). The molecular formula is C11H19N5O3S. The van der Waals surface area contributed by atoms with Crippen LogP contribution in [-0.4, -0.2) is 43.9 Å². The largest absolute Gasteiger partial charge is 0.355 e. The van der Waals surface area contributed by atoms with E-state index in [-0.39, 0.29) is 11.4 Å². The predicted molar refractivity (Wildman–Crippen MR) is 74.7 cm³/mol.